The maximum absolute atomic E-state index is 12.9. The number of nitrogens with zero attached hydrogens (tertiary/aromatic N) is 3. The first-order chi connectivity index (χ1) is 11.8. The number of urea groups is 1. The fraction of sp³-hybridized carbons (Fsp3) is 0.235. The van der Waals surface area contributed by atoms with Crippen molar-refractivity contribution in [2.75, 3.05) is 22.9 Å². The van der Waals surface area contributed by atoms with Gasteiger partial charge in [0.25, 0.3) is 0 Å². The minimum atomic E-state index is -4.48. The Hall–Kier alpha value is -2.90. The standard InChI is InChI=1S/C17H14F3N3O2/c1-11(24)14-5-6-21-10-15(14)23-8-7-22(16(23)25)13-4-2-3-12(9-13)17(18,19)20/h2-6,9-10H,7-8H2,1H3. The number of aromatic nitrogens is 1. The van der Waals surface area contributed by atoms with Crippen molar-refractivity contribution in [1.82, 2.24) is 4.98 Å². The van der Waals surface area contributed by atoms with Gasteiger partial charge in [-0.2, -0.15) is 13.2 Å². The summed E-state index contributed by atoms with van der Waals surface area (Å²) in [5.74, 6) is -0.220. The maximum atomic E-state index is 12.9. The number of hydrogen-bond donors (Lipinski definition) is 0. The molecule has 1 fully saturated rings. The van der Waals surface area contributed by atoms with Gasteiger partial charge in [-0.1, -0.05) is 6.07 Å². The zero-order valence-electron chi connectivity index (χ0n) is 13.2. The van der Waals surface area contributed by atoms with Gasteiger partial charge < -0.3 is 0 Å². The molecule has 130 valence electrons. The molecule has 0 bridgehead atoms. The molecule has 25 heavy (non-hydrogen) atoms. The van der Waals surface area contributed by atoms with E-state index in [1.807, 2.05) is 0 Å². The molecule has 0 N–H and O–H groups in total. The Labute approximate surface area is 141 Å². The Morgan fingerprint density at radius 2 is 1.88 bits per heavy atom. The van der Waals surface area contributed by atoms with E-state index in [1.54, 1.807) is 0 Å². The summed E-state index contributed by atoms with van der Waals surface area (Å²) < 4.78 is 38.6. The number of pyridine rings is 1. The zero-order chi connectivity index (χ0) is 18.2. The molecule has 2 heterocycles. The molecule has 8 heteroatoms. The van der Waals surface area contributed by atoms with Gasteiger partial charge in [-0.3, -0.25) is 19.6 Å². The van der Waals surface area contributed by atoms with E-state index >= 15 is 0 Å². The Kier molecular flexibility index (Phi) is 4.20. The van der Waals surface area contributed by atoms with Gasteiger partial charge in [0.15, 0.2) is 5.78 Å². The zero-order valence-corrected chi connectivity index (χ0v) is 13.2. The van der Waals surface area contributed by atoms with Gasteiger partial charge >= 0.3 is 12.2 Å². The van der Waals surface area contributed by atoms with Gasteiger partial charge in [0.2, 0.25) is 0 Å². The number of hydrogen-bond acceptors (Lipinski definition) is 3. The SMILES string of the molecule is CC(=O)c1ccncc1N1CCN(c2cccc(C(F)(F)F)c2)C1=O. The lowest BCUT2D eigenvalue weighted by Gasteiger charge is -2.20. The average molecular weight is 349 g/mol. The van der Waals surface area contributed by atoms with E-state index < -0.39 is 17.8 Å². The number of amides is 2. The van der Waals surface area contributed by atoms with Crippen molar-refractivity contribution in [3.8, 4) is 0 Å². The van der Waals surface area contributed by atoms with E-state index in [1.165, 1.54) is 47.3 Å². The van der Waals surface area contributed by atoms with Crippen molar-refractivity contribution < 1.29 is 22.8 Å². The minimum Gasteiger partial charge on any atom is -0.294 e. The van der Waals surface area contributed by atoms with Crippen molar-refractivity contribution in [3.05, 3.63) is 53.9 Å². The molecule has 1 saturated heterocycles. The van der Waals surface area contributed by atoms with E-state index in [-0.39, 0.29) is 24.6 Å². The van der Waals surface area contributed by atoms with Crippen molar-refractivity contribution in [1.29, 1.82) is 0 Å². The van der Waals surface area contributed by atoms with Crippen LogP contribution in [-0.4, -0.2) is 29.9 Å². The van der Waals surface area contributed by atoms with Crippen molar-refractivity contribution >= 4 is 23.2 Å². The first-order valence-electron chi connectivity index (χ1n) is 7.50. The highest BCUT2D eigenvalue weighted by Crippen LogP contribution is 2.33. The Morgan fingerprint density at radius 3 is 2.56 bits per heavy atom. The third-order valence-corrected chi connectivity index (χ3v) is 3.96. The number of halogens is 3. The quantitative estimate of drug-likeness (QED) is 0.793. The van der Waals surface area contributed by atoms with Crippen LogP contribution in [-0.2, 0) is 6.18 Å². The molecule has 5 nitrogen and oxygen atoms in total. The van der Waals surface area contributed by atoms with E-state index in [9.17, 15) is 22.8 Å². The smallest absolute Gasteiger partial charge is 0.294 e. The van der Waals surface area contributed by atoms with E-state index in [0.717, 1.165) is 12.1 Å². The second-order valence-corrected chi connectivity index (χ2v) is 5.58. The number of ketones is 1. The predicted octanol–water partition coefficient (Wildman–Crippen LogP) is 3.75. The molecule has 0 atom stereocenters. The van der Waals surface area contributed by atoms with Crippen LogP contribution < -0.4 is 9.80 Å². The molecule has 1 aromatic carbocycles. The highest BCUT2D eigenvalue weighted by atomic mass is 19.4. The van der Waals surface area contributed by atoms with Gasteiger partial charge in [-0.05, 0) is 31.2 Å². The van der Waals surface area contributed by atoms with Gasteiger partial charge in [-0.25, -0.2) is 4.79 Å². The van der Waals surface area contributed by atoms with Crippen LogP contribution in [0.3, 0.4) is 0 Å². The summed E-state index contributed by atoms with van der Waals surface area (Å²) in [4.78, 5) is 31.0. The summed E-state index contributed by atoms with van der Waals surface area (Å²) in [7, 11) is 0. The van der Waals surface area contributed by atoms with Crippen molar-refractivity contribution in [2.45, 2.75) is 13.1 Å². The number of carbonyl (C=O) groups is 2. The number of rotatable bonds is 3. The Balaban J connectivity index is 1.92. The van der Waals surface area contributed by atoms with E-state index in [0.29, 0.717) is 11.3 Å². The monoisotopic (exact) mass is 349 g/mol. The summed E-state index contributed by atoms with van der Waals surface area (Å²) in [5, 5.41) is 0. The topological polar surface area (TPSA) is 53.5 Å². The fourth-order valence-electron chi connectivity index (χ4n) is 2.75. The molecule has 1 aliphatic heterocycles. The third kappa shape index (κ3) is 3.19. The first kappa shape index (κ1) is 16.9. The van der Waals surface area contributed by atoms with Gasteiger partial charge in [0.1, 0.15) is 0 Å². The van der Waals surface area contributed by atoms with Crippen LogP contribution >= 0.6 is 0 Å². The maximum Gasteiger partial charge on any atom is 0.416 e. The normalized spacial score (nSPS) is 15.0. The Morgan fingerprint density at radius 1 is 1.16 bits per heavy atom. The molecule has 0 unspecified atom stereocenters. The first-order valence-corrected chi connectivity index (χ1v) is 7.50. The summed E-state index contributed by atoms with van der Waals surface area (Å²) in [5.41, 5.74) is 0.0429. The van der Waals surface area contributed by atoms with Gasteiger partial charge in [-0.15, -0.1) is 0 Å². The number of Topliss-reactive ketones (excluding diaryl/α,β-unsaturated/α-hetero) is 1. The number of alkyl halides is 3. The third-order valence-electron chi connectivity index (χ3n) is 3.96. The molecule has 3 rings (SSSR count). The van der Waals surface area contributed by atoms with E-state index in [2.05, 4.69) is 4.98 Å². The molecule has 0 aliphatic carbocycles. The molecule has 0 radical (unpaired) electrons. The largest absolute Gasteiger partial charge is 0.416 e. The summed E-state index contributed by atoms with van der Waals surface area (Å²) in [6.07, 6.45) is -1.63. The average Bonchev–Trinajstić information content (AvgIpc) is 2.95. The molecule has 2 amide bonds. The highest BCUT2D eigenvalue weighted by molar-refractivity contribution is 6.10. The highest BCUT2D eigenvalue weighted by Gasteiger charge is 2.35. The second-order valence-electron chi connectivity index (χ2n) is 5.58. The lowest BCUT2D eigenvalue weighted by atomic mass is 10.1. The van der Waals surface area contributed by atoms with E-state index in [4.69, 9.17) is 0 Å². The molecule has 2 aromatic rings. The summed E-state index contributed by atoms with van der Waals surface area (Å²) >= 11 is 0. The minimum absolute atomic E-state index is 0.163. The molecule has 1 aliphatic rings. The Bertz CT molecular complexity index is 836. The number of benzene rings is 1. The number of anilines is 2. The van der Waals surface area contributed by atoms with Crippen LogP contribution in [0.25, 0.3) is 0 Å². The van der Waals surface area contributed by atoms with Crippen LogP contribution in [0.5, 0.6) is 0 Å². The van der Waals surface area contributed by atoms with Crippen LogP contribution in [0.1, 0.15) is 22.8 Å². The molecule has 0 spiro atoms. The van der Waals surface area contributed by atoms with Crippen molar-refractivity contribution in [3.63, 3.8) is 0 Å². The van der Waals surface area contributed by atoms with Crippen LogP contribution in [0.2, 0.25) is 0 Å². The predicted molar refractivity (Wildman–Crippen MR) is 85.8 cm³/mol. The van der Waals surface area contributed by atoms with Crippen LogP contribution in [0.4, 0.5) is 29.3 Å². The lowest BCUT2D eigenvalue weighted by Crippen LogP contribution is -2.32. The van der Waals surface area contributed by atoms with Gasteiger partial charge in [0.05, 0.1) is 17.4 Å². The van der Waals surface area contributed by atoms with Crippen LogP contribution in [0.15, 0.2) is 42.7 Å². The van der Waals surface area contributed by atoms with Crippen molar-refractivity contribution in [2.24, 2.45) is 0 Å². The number of carbonyl (C=O) groups excluding carboxylic acids is 2. The second kappa shape index (κ2) is 6.19. The molecular formula is C17H14F3N3O2. The molecule has 0 saturated carbocycles. The lowest BCUT2D eigenvalue weighted by molar-refractivity contribution is -0.137. The van der Waals surface area contributed by atoms with Crippen LogP contribution in [0, 0.1) is 0 Å². The molecule has 1 aromatic heterocycles. The summed E-state index contributed by atoms with van der Waals surface area (Å²) in [6.45, 7) is 1.84. The van der Waals surface area contributed by atoms with Gasteiger partial charge in [0, 0.05) is 30.5 Å². The fourth-order valence-corrected chi connectivity index (χ4v) is 2.75. The molecular weight excluding hydrogens is 335 g/mol. The summed E-state index contributed by atoms with van der Waals surface area (Å²) in [6, 6.07) is 5.63.